The molecule has 1 fully saturated rings. The molecule has 9 heteroatoms. The number of carbonyl (C=O) groups is 1. The summed E-state index contributed by atoms with van der Waals surface area (Å²) in [5.41, 5.74) is 1.76. The third kappa shape index (κ3) is 6.48. The largest absolute Gasteiger partial charge is 0.497 e. The molecular formula is C21H29IN6O2. The van der Waals surface area contributed by atoms with E-state index in [9.17, 15) is 4.79 Å². The number of methoxy groups -OCH3 is 1. The molecule has 0 saturated carbocycles. The zero-order chi connectivity index (χ0) is 20.5. The number of guanidine groups is 1. The molecule has 1 aliphatic heterocycles. The smallest absolute Gasteiger partial charge is 0.252 e. The Morgan fingerprint density at radius 1 is 1.10 bits per heavy atom. The standard InChI is InChI=1S/C21H28N6O2.HI/c1-22-21(25-11-10-24-20(28)17-4-3-9-23-16-17)27-14-12-26(13-15-27)18-5-7-19(29-2)8-6-18;/h3-9,16H,10-15H2,1-2H3,(H,22,25)(H,24,28);1H. The minimum atomic E-state index is -0.122. The summed E-state index contributed by atoms with van der Waals surface area (Å²) >= 11 is 0. The topological polar surface area (TPSA) is 82.1 Å². The molecule has 1 amide bonds. The molecule has 162 valence electrons. The van der Waals surface area contributed by atoms with Gasteiger partial charge in [-0.15, -0.1) is 24.0 Å². The minimum Gasteiger partial charge on any atom is -0.497 e. The highest BCUT2D eigenvalue weighted by Gasteiger charge is 2.19. The second kappa shape index (κ2) is 12.2. The van der Waals surface area contributed by atoms with E-state index in [1.54, 1.807) is 38.7 Å². The molecule has 0 radical (unpaired) electrons. The number of pyridine rings is 1. The van der Waals surface area contributed by atoms with Crippen LogP contribution in [0.1, 0.15) is 10.4 Å². The lowest BCUT2D eigenvalue weighted by Crippen LogP contribution is -2.53. The van der Waals surface area contributed by atoms with Crippen LogP contribution in [0.3, 0.4) is 0 Å². The van der Waals surface area contributed by atoms with Crippen LogP contribution in [0.2, 0.25) is 0 Å². The van der Waals surface area contributed by atoms with E-state index in [2.05, 4.69) is 42.5 Å². The number of nitrogens with zero attached hydrogens (tertiary/aromatic N) is 4. The first kappa shape index (κ1) is 23.7. The number of rotatable bonds is 6. The van der Waals surface area contributed by atoms with Gasteiger partial charge < -0.3 is 25.2 Å². The Morgan fingerprint density at radius 2 is 1.80 bits per heavy atom. The average molecular weight is 524 g/mol. The molecule has 2 N–H and O–H groups in total. The van der Waals surface area contributed by atoms with Crippen LogP contribution < -0.4 is 20.3 Å². The van der Waals surface area contributed by atoms with Crippen molar-refractivity contribution in [1.82, 2.24) is 20.5 Å². The van der Waals surface area contributed by atoms with Gasteiger partial charge in [0.05, 0.1) is 12.7 Å². The molecule has 8 nitrogen and oxygen atoms in total. The number of halogens is 1. The molecule has 1 aliphatic rings. The van der Waals surface area contributed by atoms with Gasteiger partial charge in [0.15, 0.2) is 5.96 Å². The Hall–Kier alpha value is -2.56. The van der Waals surface area contributed by atoms with E-state index in [-0.39, 0.29) is 29.9 Å². The zero-order valence-electron chi connectivity index (χ0n) is 17.4. The molecule has 0 unspecified atom stereocenters. The number of anilines is 1. The number of amides is 1. The normalized spacial score (nSPS) is 14.0. The lowest BCUT2D eigenvalue weighted by Gasteiger charge is -2.37. The SMILES string of the molecule is CN=C(NCCNC(=O)c1cccnc1)N1CCN(c2ccc(OC)cc2)CC1.I. The Balaban J connectivity index is 0.00000320. The second-order valence-electron chi connectivity index (χ2n) is 6.64. The van der Waals surface area contributed by atoms with Gasteiger partial charge in [0.1, 0.15) is 5.75 Å². The van der Waals surface area contributed by atoms with Crippen molar-refractivity contribution in [2.45, 2.75) is 0 Å². The molecule has 2 aromatic rings. The van der Waals surface area contributed by atoms with Crippen LogP contribution in [-0.4, -0.2) is 75.2 Å². The van der Waals surface area contributed by atoms with Gasteiger partial charge in [-0.3, -0.25) is 14.8 Å². The van der Waals surface area contributed by atoms with Crippen molar-refractivity contribution in [3.05, 3.63) is 54.4 Å². The van der Waals surface area contributed by atoms with Gasteiger partial charge in [0, 0.05) is 64.4 Å². The quantitative estimate of drug-likeness (QED) is 0.260. The maximum Gasteiger partial charge on any atom is 0.252 e. The van der Waals surface area contributed by atoms with Crippen LogP contribution in [0.15, 0.2) is 53.8 Å². The predicted octanol–water partition coefficient (Wildman–Crippen LogP) is 1.84. The Kier molecular flexibility index (Phi) is 9.65. The summed E-state index contributed by atoms with van der Waals surface area (Å²) in [5, 5.41) is 6.21. The molecule has 0 atom stereocenters. The third-order valence-electron chi connectivity index (χ3n) is 4.85. The summed E-state index contributed by atoms with van der Waals surface area (Å²) in [4.78, 5) is 25.0. The van der Waals surface area contributed by atoms with Gasteiger partial charge in [-0.25, -0.2) is 0 Å². The van der Waals surface area contributed by atoms with Crippen molar-refractivity contribution in [2.75, 3.05) is 58.3 Å². The van der Waals surface area contributed by atoms with Crippen LogP contribution in [0, 0.1) is 0 Å². The van der Waals surface area contributed by atoms with Crippen LogP contribution in [0.5, 0.6) is 5.75 Å². The highest BCUT2D eigenvalue weighted by Crippen LogP contribution is 2.20. The highest BCUT2D eigenvalue weighted by molar-refractivity contribution is 14.0. The number of hydrogen-bond acceptors (Lipinski definition) is 5. The van der Waals surface area contributed by atoms with E-state index >= 15 is 0 Å². The maximum absolute atomic E-state index is 12.0. The monoisotopic (exact) mass is 524 g/mol. The summed E-state index contributed by atoms with van der Waals surface area (Å²) < 4.78 is 5.23. The van der Waals surface area contributed by atoms with Gasteiger partial charge in [0.25, 0.3) is 5.91 Å². The fourth-order valence-corrected chi connectivity index (χ4v) is 3.25. The van der Waals surface area contributed by atoms with Crippen LogP contribution in [0.25, 0.3) is 0 Å². The number of piperazine rings is 1. The van der Waals surface area contributed by atoms with Gasteiger partial charge in [0.2, 0.25) is 0 Å². The van der Waals surface area contributed by atoms with Crippen molar-refractivity contribution < 1.29 is 9.53 Å². The second-order valence-corrected chi connectivity index (χ2v) is 6.64. The lowest BCUT2D eigenvalue weighted by atomic mass is 10.2. The number of carbonyl (C=O) groups excluding carboxylic acids is 1. The first-order valence-corrected chi connectivity index (χ1v) is 9.74. The van der Waals surface area contributed by atoms with Gasteiger partial charge in [-0.05, 0) is 36.4 Å². The van der Waals surface area contributed by atoms with Crippen LogP contribution in [-0.2, 0) is 0 Å². The van der Waals surface area contributed by atoms with Gasteiger partial charge in [-0.2, -0.15) is 0 Å². The van der Waals surface area contributed by atoms with E-state index < -0.39 is 0 Å². The Morgan fingerprint density at radius 3 is 2.40 bits per heavy atom. The molecular weight excluding hydrogens is 495 g/mol. The van der Waals surface area contributed by atoms with Gasteiger partial charge in [-0.1, -0.05) is 0 Å². The average Bonchev–Trinajstić information content (AvgIpc) is 2.80. The minimum absolute atomic E-state index is 0. The summed E-state index contributed by atoms with van der Waals surface area (Å²) in [6, 6.07) is 11.7. The van der Waals surface area contributed by atoms with Crippen molar-refractivity contribution in [2.24, 2.45) is 4.99 Å². The Labute approximate surface area is 194 Å². The number of ether oxygens (including phenoxy) is 1. The number of aliphatic imine (C=N–C) groups is 1. The van der Waals surface area contributed by atoms with E-state index in [0.717, 1.165) is 37.9 Å². The number of hydrogen-bond donors (Lipinski definition) is 2. The van der Waals surface area contributed by atoms with E-state index in [1.807, 2.05) is 12.1 Å². The first-order valence-electron chi connectivity index (χ1n) is 9.74. The summed E-state index contributed by atoms with van der Waals surface area (Å²) in [6.45, 7) is 4.73. The molecule has 0 bridgehead atoms. The molecule has 30 heavy (non-hydrogen) atoms. The molecule has 3 rings (SSSR count). The number of aromatic nitrogens is 1. The Bertz CT molecular complexity index is 808. The molecule has 1 aromatic heterocycles. The van der Waals surface area contributed by atoms with Crippen molar-refractivity contribution in [1.29, 1.82) is 0 Å². The summed E-state index contributed by atoms with van der Waals surface area (Å²) in [7, 11) is 3.46. The molecule has 0 spiro atoms. The maximum atomic E-state index is 12.0. The number of nitrogens with one attached hydrogen (secondary N) is 2. The molecule has 1 saturated heterocycles. The van der Waals surface area contributed by atoms with Gasteiger partial charge >= 0.3 is 0 Å². The zero-order valence-corrected chi connectivity index (χ0v) is 19.7. The number of benzene rings is 1. The fourth-order valence-electron chi connectivity index (χ4n) is 3.25. The lowest BCUT2D eigenvalue weighted by molar-refractivity contribution is 0.0954. The van der Waals surface area contributed by atoms with E-state index in [0.29, 0.717) is 18.7 Å². The van der Waals surface area contributed by atoms with Crippen LogP contribution >= 0.6 is 24.0 Å². The summed E-state index contributed by atoms with van der Waals surface area (Å²) in [5.74, 6) is 1.60. The van der Waals surface area contributed by atoms with Crippen molar-refractivity contribution in [3.8, 4) is 5.75 Å². The predicted molar refractivity (Wildman–Crippen MR) is 130 cm³/mol. The van der Waals surface area contributed by atoms with Crippen molar-refractivity contribution >= 4 is 41.5 Å². The highest BCUT2D eigenvalue weighted by atomic mass is 127. The molecule has 0 aliphatic carbocycles. The van der Waals surface area contributed by atoms with Crippen molar-refractivity contribution in [3.63, 3.8) is 0 Å². The third-order valence-corrected chi connectivity index (χ3v) is 4.85. The fraction of sp³-hybridized carbons (Fsp3) is 0.381. The molecule has 2 heterocycles. The van der Waals surface area contributed by atoms with E-state index in [4.69, 9.17) is 4.74 Å². The first-order chi connectivity index (χ1) is 14.2. The summed E-state index contributed by atoms with van der Waals surface area (Å²) in [6.07, 6.45) is 3.21. The van der Waals surface area contributed by atoms with Crippen LogP contribution in [0.4, 0.5) is 5.69 Å². The van der Waals surface area contributed by atoms with E-state index in [1.165, 1.54) is 5.69 Å². The molecule has 1 aromatic carbocycles.